The molecule has 2 N–H and O–H groups in total. The average molecular weight is 457 g/mol. The summed E-state index contributed by atoms with van der Waals surface area (Å²) >= 11 is 0. The fraction of sp³-hybridized carbons (Fsp3) is 0.458. The first kappa shape index (κ1) is 23.1. The zero-order valence-electron chi connectivity index (χ0n) is 18.8. The van der Waals surface area contributed by atoms with E-state index >= 15 is 0 Å². The summed E-state index contributed by atoms with van der Waals surface area (Å²) in [6.07, 6.45) is 3.04. The van der Waals surface area contributed by atoms with Gasteiger partial charge in [-0.1, -0.05) is 0 Å². The number of hydrazone groups is 1. The van der Waals surface area contributed by atoms with Crippen molar-refractivity contribution in [1.29, 1.82) is 0 Å². The third-order valence-electron chi connectivity index (χ3n) is 5.97. The molecule has 9 heteroatoms. The van der Waals surface area contributed by atoms with Gasteiger partial charge in [-0.25, -0.2) is 9.82 Å². The lowest BCUT2D eigenvalue weighted by atomic mass is 9.93. The van der Waals surface area contributed by atoms with Crippen LogP contribution < -0.4 is 10.7 Å². The van der Waals surface area contributed by atoms with Crippen molar-refractivity contribution in [3.63, 3.8) is 0 Å². The van der Waals surface area contributed by atoms with Gasteiger partial charge < -0.3 is 14.5 Å². The van der Waals surface area contributed by atoms with Gasteiger partial charge in [-0.3, -0.25) is 14.5 Å². The molecule has 0 bridgehead atoms. The van der Waals surface area contributed by atoms with Crippen molar-refractivity contribution in [3.8, 4) is 0 Å². The summed E-state index contributed by atoms with van der Waals surface area (Å²) in [5, 5.41) is 7.25. The third-order valence-corrected chi connectivity index (χ3v) is 5.97. The summed E-state index contributed by atoms with van der Waals surface area (Å²) in [5.74, 6) is -0.0545. The number of ether oxygens (including phenoxy) is 1. The highest BCUT2D eigenvalue weighted by atomic mass is 19.1. The lowest BCUT2D eigenvalue weighted by molar-refractivity contribution is 0.0374. The van der Waals surface area contributed by atoms with Crippen LogP contribution in [0, 0.1) is 12.7 Å². The highest BCUT2D eigenvalue weighted by Crippen LogP contribution is 2.29. The summed E-state index contributed by atoms with van der Waals surface area (Å²) in [4.78, 5) is 27.4. The first-order valence-electron chi connectivity index (χ1n) is 11.4. The smallest absolute Gasteiger partial charge is 0.287 e. The molecule has 0 spiro atoms. The Morgan fingerprint density at radius 2 is 1.88 bits per heavy atom. The predicted octanol–water partition coefficient (Wildman–Crippen LogP) is 2.65. The summed E-state index contributed by atoms with van der Waals surface area (Å²) in [5.41, 5.74) is 5.05. The third kappa shape index (κ3) is 5.66. The van der Waals surface area contributed by atoms with E-state index in [0.29, 0.717) is 42.2 Å². The maximum Gasteiger partial charge on any atom is 0.287 e. The van der Waals surface area contributed by atoms with Crippen molar-refractivity contribution in [2.24, 2.45) is 5.10 Å². The molecular weight excluding hydrogens is 427 g/mol. The van der Waals surface area contributed by atoms with Crippen LogP contribution in [0.5, 0.6) is 0 Å². The number of morpholine rings is 1. The largest absolute Gasteiger partial charge is 0.455 e. The molecule has 1 saturated heterocycles. The predicted molar refractivity (Wildman–Crippen MR) is 121 cm³/mol. The zero-order valence-corrected chi connectivity index (χ0v) is 18.8. The molecule has 1 aliphatic heterocycles. The molecule has 4 rings (SSSR count). The molecule has 2 aliphatic rings. The Kier molecular flexibility index (Phi) is 7.51. The fourth-order valence-electron chi connectivity index (χ4n) is 4.19. The van der Waals surface area contributed by atoms with Crippen LogP contribution in [0.2, 0.25) is 0 Å². The molecule has 1 fully saturated rings. The fourth-order valence-corrected chi connectivity index (χ4v) is 4.19. The lowest BCUT2D eigenvalue weighted by Crippen LogP contribution is -2.38. The average Bonchev–Trinajstić information content (AvgIpc) is 3.18. The number of carbonyl (C=O) groups is 2. The molecule has 33 heavy (non-hydrogen) atoms. The molecule has 0 unspecified atom stereocenters. The SMILES string of the molecule is Cc1c(C(=O)NCCCN2CCOCC2)oc2c1/C(=N/NC(=O)c1ccc(F)cc1)CCC2. The number of nitrogens with zero attached hydrogens (tertiary/aromatic N) is 2. The van der Waals surface area contributed by atoms with E-state index < -0.39 is 11.7 Å². The van der Waals surface area contributed by atoms with Crippen molar-refractivity contribution < 1.29 is 23.1 Å². The summed E-state index contributed by atoms with van der Waals surface area (Å²) < 4.78 is 24.3. The Balaban J connectivity index is 1.38. The zero-order chi connectivity index (χ0) is 23.2. The van der Waals surface area contributed by atoms with Gasteiger partial charge in [-0.05, 0) is 57.0 Å². The van der Waals surface area contributed by atoms with Crippen molar-refractivity contribution in [2.75, 3.05) is 39.4 Å². The van der Waals surface area contributed by atoms with E-state index in [1.165, 1.54) is 24.3 Å². The molecule has 0 atom stereocenters. The van der Waals surface area contributed by atoms with E-state index in [1.54, 1.807) is 0 Å². The van der Waals surface area contributed by atoms with Crippen molar-refractivity contribution in [1.82, 2.24) is 15.6 Å². The van der Waals surface area contributed by atoms with Gasteiger partial charge in [0.15, 0.2) is 5.76 Å². The normalized spacial score (nSPS) is 17.6. The maximum absolute atomic E-state index is 13.1. The summed E-state index contributed by atoms with van der Waals surface area (Å²) in [6, 6.07) is 5.27. The molecule has 0 radical (unpaired) electrons. The summed E-state index contributed by atoms with van der Waals surface area (Å²) in [7, 11) is 0. The lowest BCUT2D eigenvalue weighted by Gasteiger charge is -2.26. The van der Waals surface area contributed by atoms with Crippen LogP contribution in [0.3, 0.4) is 0 Å². The quantitative estimate of drug-likeness (QED) is 0.493. The Hall–Kier alpha value is -3.04. The van der Waals surface area contributed by atoms with Crippen LogP contribution in [0.15, 0.2) is 33.8 Å². The van der Waals surface area contributed by atoms with Gasteiger partial charge in [-0.2, -0.15) is 5.10 Å². The number of carbonyl (C=O) groups excluding carboxylic acids is 2. The Bertz CT molecular complexity index is 1030. The number of nitrogens with one attached hydrogen (secondary N) is 2. The van der Waals surface area contributed by atoms with Crippen molar-refractivity contribution >= 4 is 17.5 Å². The Labute approximate surface area is 192 Å². The van der Waals surface area contributed by atoms with E-state index in [1.807, 2.05) is 6.92 Å². The second-order valence-electron chi connectivity index (χ2n) is 8.28. The second-order valence-corrected chi connectivity index (χ2v) is 8.28. The molecule has 0 saturated carbocycles. The van der Waals surface area contributed by atoms with Gasteiger partial charge in [0.05, 0.1) is 18.9 Å². The molecule has 8 nitrogen and oxygen atoms in total. The standard InChI is InChI=1S/C24H29FN4O4/c1-16-21-19(27-28-23(30)17-6-8-18(25)9-7-17)4-2-5-20(21)33-22(16)24(31)26-10-3-11-29-12-14-32-15-13-29/h6-9H,2-5,10-15H2,1H3,(H,26,31)(H,28,30)/b27-19+. The van der Waals surface area contributed by atoms with Crippen LogP contribution in [0.25, 0.3) is 0 Å². The molecule has 1 aliphatic carbocycles. The van der Waals surface area contributed by atoms with E-state index in [4.69, 9.17) is 9.15 Å². The molecule has 176 valence electrons. The number of benzene rings is 1. The minimum atomic E-state index is -0.422. The minimum Gasteiger partial charge on any atom is -0.455 e. The number of aryl methyl sites for hydroxylation is 1. The first-order valence-corrected chi connectivity index (χ1v) is 11.4. The number of furan rings is 1. The molecule has 2 amide bonds. The number of halogens is 1. The Morgan fingerprint density at radius 3 is 2.64 bits per heavy atom. The van der Waals surface area contributed by atoms with Crippen molar-refractivity contribution in [2.45, 2.75) is 32.6 Å². The maximum atomic E-state index is 13.1. The summed E-state index contributed by atoms with van der Waals surface area (Å²) in [6.45, 7) is 6.70. The molecule has 1 aromatic heterocycles. The topological polar surface area (TPSA) is 96.2 Å². The van der Waals surface area contributed by atoms with E-state index in [9.17, 15) is 14.0 Å². The second kappa shape index (κ2) is 10.7. The number of rotatable bonds is 7. The minimum absolute atomic E-state index is 0.237. The van der Waals surface area contributed by atoms with Crippen LogP contribution in [-0.4, -0.2) is 61.8 Å². The highest BCUT2D eigenvalue weighted by Gasteiger charge is 2.28. The first-order chi connectivity index (χ1) is 16.0. The highest BCUT2D eigenvalue weighted by molar-refractivity contribution is 6.07. The van der Waals surface area contributed by atoms with E-state index in [0.717, 1.165) is 56.8 Å². The van der Waals surface area contributed by atoms with Gasteiger partial charge in [0.1, 0.15) is 11.6 Å². The number of amides is 2. The van der Waals surface area contributed by atoms with Crippen LogP contribution in [0.4, 0.5) is 4.39 Å². The molecule has 1 aromatic carbocycles. The van der Waals surface area contributed by atoms with Gasteiger partial charge in [-0.15, -0.1) is 0 Å². The van der Waals surface area contributed by atoms with Gasteiger partial charge in [0.2, 0.25) is 0 Å². The van der Waals surface area contributed by atoms with Gasteiger partial charge >= 0.3 is 0 Å². The van der Waals surface area contributed by atoms with Crippen LogP contribution in [-0.2, 0) is 11.2 Å². The van der Waals surface area contributed by atoms with Gasteiger partial charge in [0, 0.05) is 42.7 Å². The molecule has 2 aromatic rings. The van der Waals surface area contributed by atoms with Crippen molar-refractivity contribution in [3.05, 3.63) is 58.3 Å². The van der Waals surface area contributed by atoms with E-state index in [-0.39, 0.29) is 5.91 Å². The van der Waals surface area contributed by atoms with E-state index in [2.05, 4.69) is 20.7 Å². The number of fused-ring (bicyclic) bond motifs is 1. The van der Waals surface area contributed by atoms with Gasteiger partial charge in [0.25, 0.3) is 11.8 Å². The Morgan fingerprint density at radius 1 is 1.12 bits per heavy atom. The molecule has 2 heterocycles. The monoisotopic (exact) mass is 456 g/mol. The number of hydrogen-bond acceptors (Lipinski definition) is 6. The number of hydrogen-bond donors (Lipinski definition) is 2. The van der Waals surface area contributed by atoms with Crippen LogP contribution in [0.1, 0.15) is 57.1 Å². The molecular formula is C24H29FN4O4. The van der Waals surface area contributed by atoms with Crippen LogP contribution >= 0.6 is 0 Å².